The normalized spacial score (nSPS) is 23.1. The van der Waals surface area contributed by atoms with E-state index >= 15 is 0 Å². The Morgan fingerprint density at radius 3 is 1.31 bits per heavy atom. The lowest BCUT2D eigenvalue weighted by Crippen LogP contribution is -2.60. The summed E-state index contributed by atoms with van der Waals surface area (Å²) in [5.74, 6) is 1.79. The molecule has 1 saturated carbocycles. The molecule has 0 radical (unpaired) electrons. The van der Waals surface area contributed by atoms with E-state index < -0.39 is 49.5 Å². The smallest absolute Gasteiger partial charge is 0.220 e. The first-order valence-corrected chi connectivity index (χ1v) is 28.2. The molecule has 2 rings (SSSR count). The van der Waals surface area contributed by atoms with Gasteiger partial charge in [-0.1, -0.05) is 251 Å². The molecule has 380 valence electrons. The van der Waals surface area contributed by atoms with Gasteiger partial charge in [0.1, 0.15) is 24.4 Å². The molecule has 2 aliphatic rings. The number of ether oxygens (including phenoxy) is 2. The van der Waals surface area contributed by atoms with E-state index in [1.165, 1.54) is 212 Å². The van der Waals surface area contributed by atoms with Crippen LogP contribution in [0.4, 0.5) is 0 Å². The molecule has 0 unspecified atom stereocenters. The summed E-state index contributed by atoms with van der Waals surface area (Å²) in [5, 5.41) is 54.7. The predicted octanol–water partition coefficient (Wildman–Crippen LogP) is 12.9. The molecule has 9 atom stereocenters. The van der Waals surface area contributed by atoms with E-state index in [0.29, 0.717) is 12.8 Å². The van der Waals surface area contributed by atoms with E-state index in [0.717, 1.165) is 50.4 Å². The number of unbranched alkanes of at least 4 members (excludes halogenated alkanes) is 33. The number of rotatable bonds is 47. The van der Waals surface area contributed by atoms with Crippen molar-refractivity contribution in [3.63, 3.8) is 0 Å². The highest BCUT2D eigenvalue weighted by molar-refractivity contribution is 5.76. The van der Waals surface area contributed by atoms with E-state index in [1.54, 1.807) is 0 Å². The van der Waals surface area contributed by atoms with E-state index in [1.807, 2.05) is 0 Å². The van der Waals surface area contributed by atoms with E-state index in [-0.39, 0.29) is 12.5 Å². The number of aliphatic hydroxyl groups is 5. The van der Waals surface area contributed by atoms with Crippen LogP contribution in [0.2, 0.25) is 0 Å². The molecule has 9 heteroatoms. The molecular formula is C55H107NO8. The maximum Gasteiger partial charge on any atom is 0.220 e. The molecule has 64 heavy (non-hydrogen) atoms. The summed E-state index contributed by atoms with van der Waals surface area (Å²) in [6, 6.07) is -0.711. The van der Waals surface area contributed by atoms with Gasteiger partial charge in [-0.25, -0.2) is 0 Å². The standard InChI is InChI=1S/C55H107NO8/c1-3-5-7-9-11-13-14-15-16-17-18-19-20-21-22-23-24-25-26-27-29-34-38-42-51(59)56-48(45-63-55-54(62)53(61)52(60)50(44-57)64-55)49(58)41-37-33-30-32-36-40-47-43-46(47)39-35-31-28-12-10-8-6-4-2/h46-50,52-55,57-58,60-62H,3-45H2,1-2H3,(H,56,59)/t46-,47-,48+,49-,50-,52+,53+,54-,55+/m1/s1. The minimum absolute atomic E-state index is 0.128. The fourth-order valence-electron chi connectivity index (χ4n) is 10.1. The van der Waals surface area contributed by atoms with Gasteiger partial charge < -0.3 is 40.3 Å². The van der Waals surface area contributed by atoms with Gasteiger partial charge in [0.2, 0.25) is 5.91 Å². The largest absolute Gasteiger partial charge is 0.394 e. The molecule has 1 saturated heterocycles. The Morgan fingerprint density at radius 1 is 0.531 bits per heavy atom. The molecule has 2 fully saturated rings. The second kappa shape index (κ2) is 41.2. The Hall–Kier alpha value is -0.810. The van der Waals surface area contributed by atoms with Crippen LogP contribution in [0, 0.1) is 11.8 Å². The second-order valence-corrected chi connectivity index (χ2v) is 20.7. The van der Waals surface area contributed by atoms with Crippen molar-refractivity contribution in [3.05, 3.63) is 0 Å². The van der Waals surface area contributed by atoms with Crippen LogP contribution in [0.3, 0.4) is 0 Å². The molecule has 0 bridgehead atoms. The molecule has 1 aliphatic heterocycles. The molecule has 0 aromatic heterocycles. The maximum atomic E-state index is 13.1. The lowest BCUT2D eigenvalue weighted by molar-refractivity contribution is -0.302. The lowest BCUT2D eigenvalue weighted by Gasteiger charge is -2.40. The van der Waals surface area contributed by atoms with Gasteiger partial charge in [-0.15, -0.1) is 0 Å². The highest BCUT2D eigenvalue weighted by atomic mass is 16.7. The van der Waals surface area contributed by atoms with Crippen molar-refractivity contribution in [2.45, 2.75) is 320 Å². The summed E-state index contributed by atoms with van der Waals surface area (Å²) >= 11 is 0. The predicted molar refractivity (Wildman–Crippen MR) is 265 cm³/mol. The average molecular weight is 910 g/mol. The molecule has 1 amide bonds. The number of nitrogens with one attached hydrogen (secondary N) is 1. The van der Waals surface area contributed by atoms with Crippen LogP contribution < -0.4 is 5.32 Å². The molecule has 0 aromatic carbocycles. The Bertz CT molecular complexity index is 1030. The number of carbonyl (C=O) groups excluding carboxylic acids is 1. The summed E-state index contributed by atoms with van der Waals surface area (Å²) in [7, 11) is 0. The molecule has 6 N–H and O–H groups in total. The zero-order valence-corrected chi connectivity index (χ0v) is 42.1. The second-order valence-electron chi connectivity index (χ2n) is 20.7. The van der Waals surface area contributed by atoms with Gasteiger partial charge in [0, 0.05) is 6.42 Å². The summed E-state index contributed by atoms with van der Waals surface area (Å²) in [6.45, 7) is 3.89. The third-order valence-corrected chi connectivity index (χ3v) is 14.7. The summed E-state index contributed by atoms with van der Waals surface area (Å²) in [6.07, 6.45) is 44.6. The van der Waals surface area contributed by atoms with Crippen molar-refractivity contribution in [2.24, 2.45) is 11.8 Å². The quantitative estimate of drug-likeness (QED) is 0.0331. The molecule has 9 nitrogen and oxygen atoms in total. The van der Waals surface area contributed by atoms with Gasteiger partial charge in [-0.05, 0) is 31.1 Å². The first kappa shape index (κ1) is 59.3. The van der Waals surface area contributed by atoms with Crippen LogP contribution in [-0.4, -0.2) is 87.5 Å². The fraction of sp³-hybridized carbons (Fsp3) is 0.982. The maximum absolute atomic E-state index is 13.1. The van der Waals surface area contributed by atoms with Gasteiger partial charge >= 0.3 is 0 Å². The Morgan fingerprint density at radius 2 is 0.906 bits per heavy atom. The summed E-state index contributed by atoms with van der Waals surface area (Å²) in [4.78, 5) is 13.1. The number of aliphatic hydroxyl groups excluding tert-OH is 5. The van der Waals surface area contributed by atoms with Crippen molar-refractivity contribution >= 4 is 5.91 Å². The van der Waals surface area contributed by atoms with Crippen molar-refractivity contribution in [3.8, 4) is 0 Å². The lowest BCUT2D eigenvalue weighted by atomic mass is 9.99. The van der Waals surface area contributed by atoms with Crippen LogP contribution in [-0.2, 0) is 14.3 Å². The van der Waals surface area contributed by atoms with Crippen molar-refractivity contribution in [1.29, 1.82) is 0 Å². The fourth-order valence-corrected chi connectivity index (χ4v) is 10.1. The average Bonchev–Trinajstić information content (AvgIpc) is 4.05. The van der Waals surface area contributed by atoms with Crippen LogP contribution >= 0.6 is 0 Å². The van der Waals surface area contributed by atoms with Crippen molar-refractivity contribution in [2.75, 3.05) is 13.2 Å². The molecule has 0 aromatic rings. The van der Waals surface area contributed by atoms with Gasteiger partial charge in [-0.2, -0.15) is 0 Å². The highest BCUT2D eigenvalue weighted by Gasteiger charge is 2.44. The van der Waals surface area contributed by atoms with Gasteiger partial charge in [-0.3, -0.25) is 4.79 Å². The van der Waals surface area contributed by atoms with Crippen molar-refractivity contribution < 1.29 is 39.8 Å². The minimum Gasteiger partial charge on any atom is -0.394 e. The van der Waals surface area contributed by atoms with E-state index in [4.69, 9.17) is 9.47 Å². The van der Waals surface area contributed by atoms with Gasteiger partial charge in [0.25, 0.3) is 0 Å². The third kappa shape index (κ3) is 30.5. The first-order valence-electron chi connectivity index (χ1n) is 28.2. The van der Waals surface area contributed by atoms with E-state index in [2.05, 4.69) is 19.2 Å². The molecule has 1 aliphatic carbocycles. The monoisotopic (exact) mass is 910 g/mol. The Labute approximate surface area is 394 Å². The van der Waals surface area contributed by atoms with Gasteiger partial charge in [0.15, 0.2) is 6.29 Å². The number of hydrogen-bond donors (Lipinski definition) is 6. The van der Waals surface area contributed by atoms with Gasteiger partial charge in [0.05, 0.1) is 25.4 Å². The number of amides is 1. The van der Waals surface area contributed by atoms with Crippen LogP contribution in [0.1, 0.15) is 277 Å². The summed E-state index contributed by atoms with van der Waals surface area (Å²) in [5.41, 5.74) is 0. The first-order chi connectivity index (χ1) is 31.3. The number of carbonyl (C=O) groups is 1. The topological polar surface area (TPSA) is 149 Å². The zero-order valence-electron chi connectivity index (χ0n) is 42.1. The Kier molecular flexibility index (Phi) is 38.2. The van der Waals surface area contributed by atoms with Crippen LogP contribution in [0.5, 0.6) is 0 Å². The van der Waals surface area contributed by atoms with Crippen LogP contribution in [0.15, 0.2) is 0 Å². The SMILES string of the molecule is CCCCCCCCCCCCCCCCCCCCCCCCCC(=O)N[C@@H](CO[C@H]1O[C@H](CO)[C@H](O)[C@H](O)[C@H]1O)[C@H](O)CCCCCCC[C@@H]1C[C@H]1CCCCCCCCCC. The zero-order chi connectivity index (χ0) is 46.3. The molecular weight excluding hydrogens is 803 g/mol. The third-order valence-electron chi connectivity index (χ3n) is 14.7. The van der Waals surface area contributed by atoms with Crippen LogP contribution in [0.25, 0.3) is 0 Å². The summed E-state index contributed by atoms with van der Waals surface area (Å²) < 4.78 is 11.3. The Balaban J connectivity index is 1.53. The molecule has 1 heterocycles. The van der Waals surface area contributed by atoms with Crippen molar-refractivity contribution in [1.82, 2.24) is 5.32 Å². The number of hydrogen-bond acceptors (Lipinski definition) is 8. The highest BCUT2D eigenvalue weighted by Crippen LogP contribution is 2.45. The minimum atomic E-state index is -1.55. The van der Waals surface area contributed by atoms with E-state index in [9.17, 15) is 30.3 Å². The molecule has 0 spiro atoms.